The largest absolute Gasteiger partial charge is 0.397 e. The van der Waals surface area contributed by atoms with Crippen LogP contribution in [0.2, 0.25) is 0 Å². The number of nitrogen functional groups attached to an aromatic ring is 1. The molecule has 0 bridgehead atoms. The lowest BCUT2D eigenvalue weighted by Crippen LogP contribution is -2.28. The standard InChI is InChI=1S/C11H15N3/c1-9-7-10(12)8-13-11(9)14-5-3-2-4-6-14/h2-3,7-8H,4-6,12H2,1H3. The highest BCUT2D eigenvalue weighted by atomic mass is 15.2. The zero-order valence-corrected chi connectivity index (χ0v) is 8.40. The summed E-state index contributed by atoms with van der Waals surface area (Å²) in [6.07, 6.45) is 7.22. The van der Waals surface area contributed by atoms with Gasteiger partial charge in [0.15, 0.2) is 0 Å². The molecule has 1 aliphatic rings. The lowest BCUT2D eigenvalue weighted by molar-refractivity contribution is 0.802. The van der Waals surface area contributed by atoms with Crippen LogP contribution < -0.4 is 10.6 Å². The molecule has 0 aliphatic carbocycles. The van der Waals surface area contributed by atoms with Crippen LogP contribution in [0.1, 0.15) is 12.0 Å². The van der Waals surface area contributed by atoms with Crippen LogP contribution in [0, 0.1) is 6.92 Å². The third-order valence-electron chi connectivity index (χ3n) is 2.43. The van der Waals surface area contributed by atoms with Crippen LogP contribution in [-0.4, -0.2) is 18.1 Å². The highest BCUT2D eigenvalue weighted by molar-refractivity contribution is 5.53. The zero-order valence-electron chi connectivity index (χ0n) is 8.40. The molecule has 3 heteroatoms. The Morgan fingerprint density at radius 1 is 1.43 bits per heavy atom. The minimum absolute atomic E-state index is 0.735. The van der Waals surface area contributed by atoms with Crippen LogP contribution in [0.5, 0.6) is 0 Å². The molecule has 0 fully saturated rings. The smallest absolute Gasteiger partial charge is 0.131 e. The summed E-state index contributed by atoms with van der Waals surface area (Å²) in [7, 11) is 0. The Morgan fingerprint density at radius 2 is 2.29 bits per heavy atom. The lowest BCUT2D eigenvalue weighted by atomic mass is 10.2. The Labute approximate surface area is 84.2 Å². The fraction of sp³-hybridized carbons (Fsp3) is 0.364. The van der Waals surface area contributed by atoms with E-state index in [1.165, 1.54) is 0 Å². The van der Waals surface area contributed by atoms with E-state index in [0.29, 0.717) is 0 Å². The van der Waals surface area contributed by atoms with Crippen molar-refractivity contribution in [3.8, 4) is 0 Å². The average Bonchev–Trinajstić information content (AvgIpc) is 2.19. The van der Waals surface area contributed by atoms with Crippen LogP contribution in [0.3, 0.4) is 0 Å². The van der Waals surface area contributed by atoms with Gasteiger partial charge in [0.05, 0.1) is 11.9 Å². The third-order valence-corrected chi connectivity index (χ3v) is 2.43. The van der Waals surface area contributed by atoms with Gasteiger partial charge in [-0.2, -0.15) is 0 Å². The van der Waals surface area contributed by atoms with E-state index in [1.54, 1.807) is 6.20 Å². The van der Waals surface area contributed by atoms with Gasteiger partial charge in [-0.15, -0.1) is 0 Å². The maximum Gasteiger partial charge on any atom is 0.131 e. The highest BCUT2D eigenvalue weighted by Crippen LogP contribution is 2.20. The van der Waals surface area contributed by atoms with Crippen molar-refractivity contribution < 1.29 is 0 Å². The summed E-state index contributed by atoms with van der Waals surface area (Å²) in [6, 6.07) is 1.97. The molecule has 0 unspecified atom stereocenters. The molecule has 0 saturated heterocycles. The molecule has 0 atom stereocenters. The van der Waals surface area contributed by atoms with Crippen molar-refractivity contribution in [3.63, 3.8) is 0 Å². The Hall–Kier alpha value is -1.51. The summed E-state index contributed by atoms with van der Waals surface area (Å²) in [5, 5.41) is 0. The second-order valence-electron chi connectivity index (χ2n) is 3.62. The Kier molecular flexibility index (Phi) is 2.39. The van der Waals surface area contributed by atoms with Gasteiger partial charge in [-0.05, 0) is 25.0 Å². The van der Waals surface area contributed by atoms with E-state index in [4.69, 9.17) is 5.73 Å². The van der Waals surface area contributed by atoms with E-state index in [0.717, 1.165) is 36.6 Å². The number of aryl methyl sites for hydroxylation is 1. The van der Waals surface area contributed by atoms with E-state index in [1.807, 2.05) is 6.07 Å². The molecular weight excluding hydrogens is 174 g/mol. The predicted octanol–water partition coefficient (Wildman–Crippen LogP) is 1.74. The van der Waals surface area contributed by atoms with Crippen molar-refractivity contribution in [2.45, 2.75) is 13.3 Å². The molecule has 2 rings (SSSR count). The van der Waals surface area contributed by atoms with Crippen molar-refractivity contribution in [3.05, 3.63) is 30.0 Å². The van der Waals surface area contributed by atoms with Gasteiger partial charge in [0.25, 0.3) is 0 Å². The van der Waals surface area contributed by atoms with Crippen LogP contribution in [0.15, 0.2) is 24.4 Å². The number of pyridine rings is 1. The molecule has 1 aromatic rings. The van der Waals surface area contributed by atoms with Gasteiger partial charge < -0.3 is 10.6 Å². The third kappa shape index (κ3) is 1.71. The van der Waals surface area contributed by atoms with E-state index >= 15 is 0 Å². The maximum atomic E-state index is 5.66. The number of anilines is 2. The van der Waals surface area contributed by atoms with Crippen molar-refractivity contribution in [1.29, 1.82) is 0 Å². The lowest BCUT2D eigenvalue weighted by Gasteiger charge is -2.25. The van der Waals surface area contributed by atoms with E-state index in [2.05, 4.69) is 29.0 Å². The molecule has 2 N–H and O–H groups in total. The van der Waals surface area contributed by atoms with Gasteiger partial charge >= 0.3 is 0 Å². The summed E-state index contributed by atoms with van der Waals surface area (Å²) < 4.78 is 0. The minimum atomic E-state index is 0.735. The van der Waals surface area contributed by atoms with Gasteiger partial charge in [0.2, 0.25) is 0 Å². The Balaban J connectivity index is 2.27. The fourth-order valence-corrected chi connectivity index (χ4v) is 1.75. The molecule has 2 heterocycles. The van der Waals surface area contributed by atoms with Gasteiger partial charge in [0.1, 0.15) is 5.82 Å². The second kappa shape index (κ2) is 3.70. The fourth-order valence-electron chi connectivity index (χ4n) is 1.75. The molecule has 1 aromatic heterocycles. The first kappa shape index (κ1) is 9.06. The topological polar surface area (TPSA) is 42.1 Å². The highest BCUT2D eigenvalue weighted by Gasteiger charge is 2.10. The summed E-state index contributed by atoms with van der Waals surface area (Å²) >= 11 is 0. The maximum absolute atomic E-state index is 5.66. The minimum Gasteiger partial charge on any atom is -0.397 e. The van der Waals surface area contributed by atoms with Crippen LogP contribution in [0.25, 0.3) is 0 Å². The second-order valence-corrected chi connectivity index (χ2v) is 3.62. The molecule has 0 saturated carbocycles. The zero-order chi connectivity index (χ0) is 9.97. The van der Waals surface area contributed by atoms with Crippen molar-refractivity contribution in [2.75, 3.05) is 23.7 Å². The number of rotatable bonds is 1. The molecule has 14 heavy (non-hydrogen) atoms. The Bertz CT molecular complexity index is 358. The van der Waals surface area contributed by atoms with E-state index in [-0.39, 0.29) is 0 Å². The first-order valence-corrected chi connectivity index (χ1v) is 4.89. The normalized spacial score (nSPS) is 15.9. The SMILES string of the molecule is Cc1cc(N)cnc1N1CC=CCC1. The molecule has 0 aromatic carbocycles. The van der Waals surface area contributed by atoms with Crippen molar-refractivity contribution in [1.82, 2.24) is 4.98 Å². The summed E-state index contributed by atoms with van der Waals surface area (Å²) in [6.45, 7) is 4.06. The van der Waals surface area contributed by atoms with Crippen LogP contribution in [0.4, 0.5) is 11.5 Å². The number of hydrogen-bond acceptors (Lipinski definition) is 3. The summed E-state index contributed by atoms with van der Waals surface area (Å²) in [4.78, 5) is 6.64. The summed E-state index contributed by atoms with van der Waals surface area (Å²) in [5.74, 6) is 1.06. The van der Waals surface area contributed by atoms with Crippen LogP contribution >= 0.6 is 0 Å². The number of aromatic nitrogens is 1. The molecule has 0 spiro atoms. The van der Waals surface area contributed by atoms with E-state index in [9.17, 15) is 0 Å². The Morgan fingerprint density at radius 3 is 2.93 bits per heavy atom. The summed E-state index contributed by atoms with van der Waals surface area (Å²) in [5.41, 5.74) is 7.55. The monoisotopic (exact) mass is 189 g/mol. The van der Waals surface area contributed by atoms with E-state index < -0.39 is 0 Å². The van der Waals surface area contributed by atoms with Crippen molar-refractivity contribution >= 4 is 11.5 Å². The average molecular weight is 189 g/mol. The van der Waals surface area contributed by atoms with Gasteiger partial charge in [-0.1, -0.05) is 12.2 Å². The molecule has 0 radical (unpaired) electrons. The van der Waals surface area contributed by atoms with Gasteiger partial charge in [-0.3, -0.25) is 0 Å². The quantitative estimate of drug-likeness (QED) is 0.684. The number of hydrogen-bond donors (Lipinski definition) is 1. The van der Waals surface area contributed by atoms with Gasteiger partial charge in [-0.25, -0.2) is 4.98 Å². The number of nitrogens with two attached hydrogens (primary N) is 1. The van der Waals surface area contributed by atoms with Crippen molar-refractivity contribution in [2.24, 2.45) is 0 Å². The molecule has 74 valence electrons. The van der Waals surface area contributed by atoms with Crippen LogP contribution in [-0.2, 0) is 0 Å². The molecule has 0 amide bonds. The predicted molar refractivity (Wildman–Crippen MR) is 59.4 cm³/mol. The molecule has 1 aliphatic heterocycles. The first-order valence-electron chi connectivity index (χ1n) is 4.89. The first-order chi connectivity index (χ1) is 6.77. The van der Waals surface area contributed by atoms with Gasteiger partial charge in [0, 0.05) is 13.1 Å². The molecule has 3 nitrogen and oxygen atoms in total. The number of nitrogens with zero attached hydrogens (tertiary/aromatic N) is 2. The molecular formula is C11H15N3.